The van der Waals surface area contributed by atoms with E-state index in [1.807, 2.05) is 41.9 Å². The number of benzene rings is 2. The van der Waals surface area contributed by atoms with Crippen molar-refractivity contribution in [1.82, 2.24) is 30.4 Å². The normalized spacial score (nSPS) is 10.8. The molecule has 0 bridgehead atoms. The van der Waals surface area contributed by atoms with Gasteiger partial charge < -0.3 is 0 Å². The van der Waals surface area contributed by atoms with Gasteiger partial charge >= 0.3 is 0 Å². The smallest absolute Gasteiger partial charge is 0.113 e. The van der Waals surface area contributed by atoms with Crippen LogP contribution >= 0.6 is 11.6 Å². The van der Waals surface area contributed by atoms with Crippen molar-refractivity contribution in [2.75, 3.05) is 5.88 Å². The summed E-state index contributed by atoms with van der Waals surface area (Å²) in [5.41, 5.74) is 6.33. The van der Waals surface area contributed by atoms with Gasteiger partial charge in [0.15, 0.2) is 0 Å². The number of nitrogens with zero attached hydrogens (tertiary/aromatic N) is 5. The van der Waals surface area contributed by atoms with Gasteiger partial charge in [0.1, 0.15) is 16.6 Å². The first-order valence-corrected chi connectivity index (χ1v) is 8.34. The molecule has 0 radical (unpaired) electrons. The number of alkyl halides is 1. The standard InChI is InChI=1S/C10H12ClN3.C7H7N3/c1-8-3-4-9-10(7-8)14(13-12-9)6-2-5-11;1-5-2-3-6-7(4-5)9-10-8-6/h3-4,7H,2,5-6H2,1H3;2-4H,1H3,(H,8,9,10). The number of hydrogen-bond acceptors (Lipinski definition) is 4. The third-order valence-electron chi connectivity index (χ3n) is 3.64. The topological polar surface area (TPSA) is 72.3 Å². The van der Waals surface area contributed by atoms with Gasteiger partial charge in [-0.2, -0.15) is 15.4 Å². The number of fused-ring (bicyclic) bond motifs is 2. The van der Waals surface area contributed by atoms with E-state index >= 15 is 0 Å². The fraction of sp³-hybridized carbons (Fsp3) is 0.294. The number of halogens is 1. The first-order valence-electron chi connectivity index (χ1n) is 7.80. The molecule has 2 heterocycles. The second kappa shape index (κ2) is 7.40. The summed E-state index contributed by atoms with van der Waals surface area (Å²) in [4.78, 5) is 0. The Balaban J connectivity index is 0.000000149. The molecule has 4 aromatic rings. The summed E-state index contributed by atoms with van der Waals surface area (Å²) in [6.45, 7) is 4.94. The molecule has 0 aliphatic rings. The van der Waals surface area contributed by atoms with Gasteiger partial charge in [-0.1, -0.05) is 17.3 Å². The average molecular weight is 343 g/mol. The Morgan fingerprint density at radius 3 is 2.46 bits per heavy atom. The lowest BCUT2D eigenvalue weighted by molar-refractivity contribution is 0.598. The minimum Gasteiger partial charge on any atom is -0.245 e. The zero-order chi connectivity index (χ0) is 16.9. The summed E-state index contributed by atoms with van der Waals surface area (Å²) < 4.78 is 1.91. The first kappa shape index (κ1) is 16.4. The first-order chi connectivity index (χ1) is 11.7. The van der Waals surface area contributed by atoms with Gasteiger partial charge in [-0.05, 0) is 55.7 Å². The van der Waals surface area contributed by atoms with Gasteiger partial charge in [-0.25, -0.2) is 4.68 Å². The van der Waals surface area contributed by atoms with Crippen LogP contribution in [0.3, 0.4) is 0 Å². The van der Waals surface area contributed by atoms with Crippen molar-refractivity contribution in [1.29, 1.82) is 0 Å². The molecule has 0 fully saturated rings. The maximum absolute atomic E-state index is 5.64. The fourth-order valence-electron chi connectivity index (χ4n) is 2.40. The molecule has 0 spiro atoms. The van der Waals surface area contributed by atoms with Crippen molar-refractivity contribution < 1.29 is 0 Å². The lowest BCUT2D eigenvalue weighted by Gasteiger charge is -1.99. The summed E-state index contributed by atoms with van der Waals surface area (Å²) in [6.07, 6.45) is 0.925. The summed E-state index contributed by atoms with van der Waals surface area (Å²) in [5, 5.41) is 18.6. The second-order valence-electron chi connectivity index (χ2n) is 5.66. The minimum absolute atomic E-state index is 0.660. The third kappa shape index (κ3) is 3.71. The summed E-state index contributed by atoms with van der Waals surface area (Å²) in [7, 11) is 0. The Morgan fingerprint density at radius 2 is 1.67 bits per heavy atom. The maximum atomic E-state index is 5.64. The van der Waals surface area contributed by atoms with Crippen LogP contribution in [0.4, 0.5) is 0 Å². The third-order valence-corrected chi connectivity index (χ3v) is 3.91. The molecule has 0 saturated carbocycles. The van der Waals surface area contributed by atoms with Crippen LogP contribution in [-0.2, 0) is 6.54 Å². The number of hydrogen-bond donors (Lipinski definition) is 1. The molecule has 0 atom stereocenters. The number of aryl methyl sites for hydroxylation is 3. The van der Waals surface area contributed by atoms with Crippen LogP contribution in [0.1, 0.15) is 17.5 Å². The van der Waals surface area contributed by atoms with Crippen LogP contribution < -0.4 is 0 Å². The van der Waals surface area contributed by atoms with E-state index in [2.05, 4.69) is 38.7 Å². The largest absolute Gasteiger partial charge is 0.245 e. The van der Waals surface area contributed by atoms with E-state index in [1.165, 1.54) is 11.1 Å². The molecule has 0 aliphatic carbocycles. The molecule has 2 aromatic heterocycles. The highest BCUT2D eigenvalue weighted by atomic mass is 35.5. The van der Waals surface area contributed by atoms with Crippen molar-refractivity contribution in [3.05, 3.63) is 47.5 Å². The molecule has 0 saturated heterocycles. The molecule has 2 aromatic carbocycles. The number of rotatable bonds is 3. The Morgan fingerprint density at radius 1 is 0.958 bits per heavy atom. The maximum Gasteiger partial charge on any atom is 0.113 e. The number of aromatic nitrogens is 6. The quantitative estimate of drug-likeness (QED) is 0.577. The van der Waals surface area contributed by atoms with Crippen LogP contribution in [0.5, 0.6) is 0 Å². The van der Waals surface area contributed by atoms with Gasteiger partial charge in [0.2, 0.25) is 0 Å². The molecule has 0 unspecified atom stereocenters. The van der Waals surface area contributed by atoms with Crippen molar-refractivity contribution in [3.8, 4) is 0 Å². The van der Waals surface area contributed by atoms with Crippen LogP contribution in [0.15, 0.2) is 36.4 Å². The molecule has 124 valence electrons. The highest BCUT2D eigenvalue weighted by Crippen LogP contribution is 2.13. The van der Waals surface area contributed by atoms with E-state index < -0.39 is 0 Å². The lowest BCUT2D eigenvalue weighted by atomic mass is 10.2. The highest BCUT2D eigenvalue weighted by Gasteiger charge is 2.03. The molecular weight excluding hydrogens is 324 g/mol. The van der Waals surface area contributed by atoms with Crippen molar-refractivity contribution in [2.45, 2.75) is 26.8 Å². The summed E-state index contributed by atoms with van der Waals surface area (Å²) in [5.74, 6) is 0.660. The Kier molecular flexibility index (Phi) is 5.05. The van der Waals surface area contributed by atoms with Crippen LogP contribution in [0, 0.1) is 13.8 Å². The Hall–Kier alpha value is -2.47. The van der Waals surface area contributed by atoms with Crippen molar-refractivity contribution in [2.24, 2.45) is 0 Å². The highest BCUT2D eigenvalue weighted by molar-refractivity contribution is 6.17. The van der Waals surface area contributed by atoms with E-state index in [-0.39, 0.29) is 0 Å². The molecule has 4 rings (SSSR count). The molecule has 0 amide bonds. The van der Waals surface area contributed by atoms with Crippen LogP contribution in [-0.4, -0.2) is 36.3 Å². The van der Waals surface area contributed by atoms with Crippen LogP contribution in [0.2, 0.25) is 0 Å². The molecule has 0 aliphatic heterocycles. The monoisotopic (exact) mass is 342 g/mol. The number of aromatic amines is 1. The molecular formula is C17H19ClN6. The SMILES string of the molecule is Cc1ccc2n[nH]nc2c1.Cc1ccc2nnn(CCCCl)c2c1. The summed E-state index contributed by atoms with van der Waals surface area (Å²) >= 11 is 5.64. The lowest BCUT2D eigenvalue weighted by Crippen LogP contribution is -2.00. The molecule has 6 nitrogen and oxygen atoms in total. The van der Waals surface area contributed by atoms with Gasteiger partial charge in [-0.15, -0.1) is 16.7 Å². The Labute approximate surface area is 144 Å². The van der Waals surface area contributed by atoms with E-state index in [1.54, 1.807) is 0 Å². The van der Waals surface area contributed by atoms with E-state index in [0.717, 1.165) is 35.0 Å². The Bertz CT molecular complexity index is 942. The average Bonchev–Trinajstić information content (AvgIpc) is 3.19. The van der Waals surface area contributed by atoms with Crippen molar-refractivity contribution in [3.63, 3.8) is 0 Å². The van der Waals surface area contributed by atoms with Gasteiger partial charge in [0, 0.05) is 12.4 Å². The van der Waals surface area contributed by atoms with Crippen LogP contribution in [0.25, 0.3) is 22.1 Å². The molecule has 1 N–H and O–H groups in total. The van der Waals surface area contributed by atoms with Gasteiger partial charge in [0.05, 0.1) is 5.52 Å². The predicted molar refractivity (Wildman–Crippen MR) is 96.2 cm³/mol. The fourth-order valence-corrected chi connectivity index (χ4v) is 2.52. The molecule has 7 heteroatoms. The zero-order valence-electron chi connectivity index (χ0n) is 13.7. The van der Waals surface area contributed by atoms with E-state index in [9.17, 15) is 0 Å². The van der Waals surface area contributed by atoms with Gasteiger partial charge in [0.25, 0.3) is 0 Å². The number of nitrogens with one attached hydrogen (secondary N) is 1. The summed E-state index contributed by atoms with van der Waals surface area (Å²) in [6, 6.07) is 12.1. The van der Waals surface area contributed by atoms with E-state index in [0.29, 0.717) is 5.88 Å². The second-order valence-corrected chi connectivity index (χ2v) is 6.04. The molecule has 24 heavy (non-hydrogen) atoms. The van der Waals surface area contributed by atoms with Crippen molar-refractivity contribution >= 4 is 33.7 Å². The number of H-pyrrole nitrogens is 1. The van der Waals surface area contributed by atoms with E-state index in [4.69, 9.17) is 11.6 Å². The predicted octanol–water partition coefficient (Wildman–Crippen LogP) is 3.63. The zero-order valence-corrected chi connectivity index (χ0v) is 14.5. The minimum atomic E-state index is 0.660. The van der Waals surface area contributed by atoms with Gasteiger partial charge in [-0.3, -0.25) is 0 Å².